The van der Waals surface area contributed by atoms with Crippen LogP contribution in [0.1, 0.15) is 18.8 Å². The average Bonchev–Trinajstić information content (AvgIpc) is 2.61. The zero-order valence-corrected chi connectivity index (χ0v) is 15.4. The number of amides is 1. The number of anilines is 1. The number of carbonyl (C=O) groups is 1. The molecule has 0 aliphatic carbocycles. The number of ether oxygens (including phenoxy) is 1. The van der Waals surface area contributed by atoms with Crippen molar-refractivity contribution in [3.8, 4) is 5.75 Å². The van der Waals surface area contributed by atoms with Gasteiger partial charge >= 0.3 is 0 Å². The molecule has 3 aromatic rings. The summed E-state index contributed by atoms with van der Waals surface area (Å²) < 4.78 is 6.62. The molecule has 3 rings (SSSR count). The smallest absolute Gasteiger partial charge is 0.262 e. The number of hydrogen-bond donors (Lipinski definition) is 1. The van der Waals surface area contributed by atoms with E-state index in [-0.39, 0.29) is 11.5 Å². The number of rotatable bonds is 4. The number of para-hydroxylation sites is 1. The first-order chi connectivity index (χ1) is 12.4. The molecule has 1 aromatic heterocycles. The van der Waals surface area contributed by atoms with Gasteiger partial charge in [-0.05, 0) is 44.2 Å². The largest absolute Gasteiger partial charge is 0.495 e. The molecule has 26 heavy (non-hydrogen) atoms. The molecule has 1 amide bonds. The van der Waals surface area contributed by atoms with Crippen LogP contribution in [0.5, 0.6) is 5.75 Å². The number of methoxy groups -OCH3 is 1. The second kappa shape index (κ2) is 7.17. The Morgan fingerprint density at radius 1 is 1.27 bits per heavy atom. The molecule has 2 aromatic carbocycles. The van der Waals surface area contributed by atoms with Crippen LogP contribution in [0.4, 0.5) is 5.69 Å². The van der Waals surface area contributed by atoms with Crippen molar-refractivity contribution >= 4 is 34.1 Å². The Morgan fingerprint density at radius 3 is 2.73 bits per heavy atom. The van der Waals surface area contributed by atoms with Crippen LogP contribution in [0.15, 0.2) is 47.3 Å². The van der Waals surface area contributed by atoms with Crippen LogP contribution in [0, 0.1) is 6.92 Å². The molecule has 7 heteroatoms. The van der Waals surface area contributed by atoms with Gasteiger partial charge in [-0.15, -0.1) is 0 Å². The van der Waals surface area contributed by atoms with Gasteiger partial charge in [-0.1, -0.05) is 23.7 Å². The summed E-state index contributed by atoms with van der Waals surface area (Å²) in [6.07, 6.45) is 0. The first kappa shape index (κ1) is 17.9. The quantitative estimate of drug-likeness (QED) is 0.761. The van der Waals surface area contributed by atoms with Crippen molar-refractivity contribution < 1.29 is 9.53 Å². The molecule has 0 aliphatic heterocycles. The molecule has 0 saturated heterocycles. The minimum absolute atomic E-state index is 0.256. The molecule has 0 aliphatic rings. The number of nitrogens with zero attached hydrogens (tertiary/aromatic N) is 2. The fourth-order valence-electron chi connectivity index (χ4n) is 2.85. The normalized spacial score (nSPS) is 12.0. The van der Waals surface area contributed by atoms with Crippen LogP contribution in [0.2, 0.25) is 5.02 Å². The number of nitrogens with one attached hydrogen (secondary N) is 1. The van der Waals surface area contributed by atoms with Gasteiger partial charge in [-0.3, -0.25) is 14.2 Å². The standard InChI is InChI=1S/C19H18ClN3O3/c1-11(18(24)22-16-10-13(20)8-9-17(16)26-3)23-12(2)21-15-7-5-4-6-14(15)19(23)25/h4-11H,1-3H3,(H,22,24). The van der Waals surface area contributed by atoms with Crippen LogP contribution in [0.25, 0.3) is 10.9 Å². The number of fused-ring (bicyclic) bond motifs is 1. The third-order valence-corrected chi connectivity index (χ3v) is 4.41. The van der Waals surface area contributed by atoms with Gasteiger partial charge < -0.3 is 10.1 Å². The molecule has 134 valence electrons. The maximum absolute atomic E-state index is 12.8. The zero-order valence-electron chi connectivity index (χ0n) is 14.6. The van der Waals surface area contributed by atoms with Crippen molar-refractivity contribution in [1.29, 1.82) is 0 Å². The minimum atomic E-state index is -0.761. The summed E-state index contributed by atoms with van der Waals surface area (Å²) in [6, 6.07) is 11.2. The van der Waals surface area contributed by atoms with Crippen molar-refractivity contribution in [1.82, 2.24) is 9.55 Å². The molecule has 0 fully saturated rings. The van der Waals surface area contributed by atoms with Crippen LogP contribution in [-0.2, 0) is 4.79 Å². The predicted octanol–water partition coefficient (Wildman–Crippen LogP) is 3.57. The molecule has 1 unspecified atom stereocenters. The molecule has 1 N–H and O–H groups in total. The lowest BCUT2D eigenvalue weighted by Crippen LogP contribution is -2.33. The van der Waals surface area contributed by atoms with Gasteiger partial charge in [0.25, 0.3) is 5.56 Å². The number of benzene rings is 2. The predicted molar refractivity (Wildman–Crippen MR) is 102 cm³/mol. The number of aryl methyl sites for hydroxylation is 1. The van der Waals surface area contributed by atoms with E-state index in [0.717, 1.165) is 0 Å². The fourth-order valence-corrected chi connectivity index (χ4v) is 3.02. The van der Waals surface area contributed by atoms with E-state index in [1.165, 1.54) is 11.7 Å². The molecule has 0 radical (unpaired) electrons. The highest BCUT2D eigenvalue weighted by Crippen LogP contribution is 2.28. The highest BCUT2D eigenvalue weighted by atomic mass is 35.5. The summed E-state index contributed by atoms with van der Waals surface area (Å²) in [4.78, 5) is 30.0. The molecular weight excluding hydrogens is 354 g/mol. The number of hydrogen-bond acceptors (Lipinski definition) is 4. The van der Waals surface area contributed by atoms with Gasteiger partial charge in [0.1, 0.15) is 17.6 Å². The first-order valence-corrected chi connectivity index (χ1v) is 8.42. The number of halogens is 1. The molecular formula is C19H18ClN3O3. The Bertz CT molecular complexity index is 1050. The molecule has 1 heterocycles. The summed E-state index contributed by atoms with van der Waals surface area (Å²) in [5.74, 6) is 0.581. The number of carbonyl (C=O) groups excluding carboxylic acids is 1. The highest BCUT2D eigenvalue weighted by Gasteiger charge is 2.21. The van der Waals surface area contributed by atoms with E-state index in [4.69, 9.17) is 16.3 Å². The zero-order chi connectivity index (χ0) is 18.8. The van der Waals surface area contributed by atoms with Crippen molar-refractivity contribution in [3.63, 3.8) is 0 Å². The number of aromatic nitrogens is 2. The highest BCUT2D eigenvalue weighted by molar-refractivity contribution is 6.31. The second-order valence-electron chi connectivity index (χ2n) is 5.86. The van der Waals surface area contributed by atoms with Crippen LogP contribution in [0.3, 0.4) is 0 Å². The third kappa shape index (κ3) is 3.28. The minimum Gasteiger partial charge on any atom is -0.495 e. The van der Waals surface area contributed by atoms with Gasteiger partial charge in [0, 0.05) is 5.02 Å². The fraction of sp³-hybridized carbons (Fsp3) is 0.211. The van der Waals surface area contributed by atoms with Gasteiger partial charge in [-0.2, -0.15) is 0 Å². The van der Waals surface area contributed by atoms with Gasteiger partial charge in [0.05, 0.1) is 23.7 Å². The Balaban J connectivity index is 1.98. The van der Waals surface area contributed by atoms with Gasteiger partial charge in [0.15, 0.2) is 0 Å². The summed E-state index contributed by atoms with van der Waals surface area (Å²) in [6.45, 7) is 3.36. The van der Waals surface area contributed by atoms with E-state index in [1.54, 1.807) is 50.2 Å². The molecule has 0 saturated carbocycles. The molecule has 0 bridgehead atoms. The van der Waals surface area contributed by atoms with Crippen molar-refractivity contribution in [2.75, 3.05) is 12.4 Å². The maximum atomic E-state index is 12.8. The SMILES string of the molecule is COc1ccc(Cl)cc1NC(=O)C(C)n1c(C)nc2ccccc2c1=O. The van der Waals surface area contributed by atoms with E-state index in [9.17, 15) is 9.59 Å². The Hall–Kier alpha value is -2.86. The molecule has 1 atom stereocenters. The first-order valence-electron chi connectivity index (χ1n) is 8.04. The summed E-state index contributed by atoms with van der Waals surface area (Å²) in [5, 5.41) is 3.70. The summed E-state index contributed by atoms with van der Waals surface area (Å²) in [7, 11) is 1.50. The summed E-state index contributed by atoms with van der Waals surface area (Å²) in [5.41, 5.74) is 0.792. The van der Waals surface area contributed by atoms with E-state index < -0.39 is 6.04 Å². The topological polar surface area (TPSA) is 73.2 Å². The van der Waals surface area contributed by atoms with Gasteiger partial charge in [-0.25, -0.2) is 4.98 Å². The van der Waals surface area contributed by atoms with Crippen LogP contribution < -0.4 is 15.6 Å². The van der Waals surface area contributed by atoms with E-state index in [2.05, 4.69) is 10.3 Å². The Morgan fingerprint density at radius 2 is 2.00 bits per heavy atom. The van der Waals surface area contributed by atoms with E-state index in [0.29, 0.717) is 33.2 Å². The van der Waals surface area contributed by atoms with Crippen LogP contribution >= 0.6 is 11.6 Å². The third-order valence-electron chi connectivity index (χ3n) is 4.17. The molecule has 6 nitrogen and oxygen atoms in total. The molecule has 0 spiro atoms. The van der Waals surface area contributed by atoms with E-state index >= 15 is 0 Å². The van der Waals surface area contributed by atoms with Crippen molar-refractivity contribution in [2.45, 2.75) is 19.9 Å². The van der Waals surface area contributed by atoms with E-state index in [1.807, 2.05) is 6.07 Å². The second-order valence-corrected chi connectivity index (χ2v) is 6.30. The van der Waals surface area contributed by atoms with Crippen molar-refractivity contribution in [2.24, 2.45) is 0 Å². The van der Waals surface area contributed by atoms with Crippen molar-refractivity contribution in [3.05, 3.63) is 63.7 Å². The van der Waals surface area contributed by atoms with Crippen LogP contribution in [-0.4, -0.2) is 22.6 Å². The monoisotopic (exact) mass is 371 g/mol. The maximum Gasteiger partial charge on any atom is 0.262 e. The average molecular weight is 372 g/mol. The Kier molecular flexibility index (Phi) is 4.95. The lowest BCUT2D eigenvalue weighted by atomic mass is 10.2. The Labute approximate surface area is 155 Å². The lowest BCUT2D eigenvalue weighted by Gasteiger charge is -2.19. The van der Waals surface area contributed by atoms with Gasteiger partial charge in [0.2, 0.25) is 5.91 Å². The lowest BCUT2D eigenvalue weighted by molar-refractivity contribution is -0.118. The summed E-state index contributed by atoms with van der Waals surface area (Å²) >= 11 is 6.00.